The van der Waals surface area contributed by atoms with E-state index in [9.17, 15) is 23.9 Å². The predicted molar refractivity (Wildman–Crippen MR) is 209 cm³/mol. The number of benzene rings is 3. The summed E-state index contributed by atoms with van der Waals surface area (Å²) in [5.41, 5.74) is 3.78. The van der Waals surface area contributed by atoms with E-state index in [-0.39, 0.29) is 47.6 Å². The molecule has 286 valence electrons. The molecule has 2 heterocycles. The summed E-state index contributed by atoms with van der Waals surface area (Å²) in [6.07, 6.45) is 5.10. The van der Waals surface area contributed by atoms with E-state index in [0.717, 1.165) is 27.1 Å². The monoisotopic (exact) mass is 753 g/mol. The number of hydrogen-bond acceptors (Lipinski definition) is 6. The number of amides is 2. The lowest BCUT2D eigenvalue weighted by molar-refractivity contribution is -0.141. The number of carbonyl (C=O) groups excluding carboxylic acids is 2. The molecule has 2 aliphatic heterocycles. The maximum atomic E-state index is 14.1. The summed E-state index contributed by atoms with van der Waals surface area (Å²) in [7, 11) is -2.94. The van der Waals surface area contributed by atoms with E-state index >= 15 is 0 Å². The zero-order valence-corrected chi connectivity index (χ0v) is 32.7. The number of unbranched alkanes of at least 4 members (excludes halogenated alkanes) is 2. The molecule has 2 amide bonds. The SMILES string of the molecule is C/C(=C\c1ccc(O)c(F)c1)CC[C@H]1OC[C@H]2C1=C(CO[Si](c1ccccc1)(c1ccccc1)C(C)(C)C)C[C@H]1C(=O)N(CCCCCC(=O)O)C(=O)[C@H]12. The Balaban J connectivity index is 1.33. The van der Waals surface area contributed by atoms with Crippen LogP contribution >= 0.6 is 0 Å². The van der Waals surface area contributed by atoms with Gasteiger partial charge in [-0.15, -0.1) is 0 Å². The maximum absolute atomic E-state index is 14.1. The lowest BCUT2D eigenvalue weighted by atomic mass is 9.69. The Morgan fingerprint density at radius 2 is 1.61 bits per heavy atom. The molecule has 0 unspecified atom stereocenters. The molecular formula is C44H52FNO7Si. The molecule has 4 atom stereocenters. The minimum Gasteiger partial charge on any atom is -0.505 e. The number of fused-ring (bicyclic) bond motifs is 3. The molecule has 0 saturated carbocycles. The van der Waals surface area contributed by atoms with Crippen molar-refractivity contribution in [1.29, 1.82) is 0 Å². The molecule has 3 aromatic carbocycles. The number of imide groups is 1. The number of phenolic OH excluding ortho intramolecular Hbond substituents is 1. The highest BCUT2D eigenvalue weighted by molar-refractivity contribution is 6.99. The van der Waals surface area contributed by atoms with Gasteiger partial charge in [0.25, 0.3) is 8.32 Å². The summed E-state index contributed by atoms with van der Waals surface area (Å²) in [6.45, 7) is 9.62. The number of carbonyl (C=O) groups is 3. The Labute approximate surface area is 318 Å². The summed E-state index contributed by atoms with van der Waals surface area (Å²) in [5.74, 6) is -3.49. The molecule has 0 radical (unpaired) electrons. The highest BCUT2D eigenvalue weighted by atomic mass is 28.4. The van der Waals surface area contributed by atoms with Crippen molar-refractivity contribution in [3.63, 3.8) is 0 Å². The number of halogens is 1. The number of aromatic hydroxyl groups is 1. The van der Waals surface area contributed by atoms with Crippen molar-refractivity contribution in [3.8, 4) is 5.75 Å². The van der Waals surface area contributed by atoms with Crippen LogP contribution in [-0.4, -0.2) is 67.1 Å². The lowest BCUT2D eigenvalue weighted by Gasteiger charge is -2.44. The van der Waals surface area contributed by atoms with Gasteiger partial charge < -0.3 is 19.4 Å². The predicted octanol–water partition coefficient (Wildman–Crippen LogP) is 7.25. The molecule has 2 saturated heterocycles. The second kappa shape index (κ2) is 16.5. The number of allylic oxidation sites excluding steroid dienone is 1. The summed E-state index contributed by atoms with van der Waals surface area (Å²) in [5, 5.41) is 20.7. The molecule has 6 rings (SSSR count). The van der Waals surface area contributed by atoms with Crippen LogP contribution in [0.4, 0.5) is 4.39 Å². The van der Waals surface area contributed by atoms with Gasteiger partial charge in [-0.1, -0.05) is 106 Å². The second-order valence-corrected chi connectivity index (χ2v) is 20.4. The third-order valence-electron chi connectivity index (χ3n) is 11.4. The second-order valence-electron chi connectivity index (χ2n) is 16.0. The molecule has 0 bridgehead atoms. The molecule has 8 nitrogen and oxygen atoms in total. The number of hydrogen-bond donors (Lipinski definition) is 2. The molecule has 54 heavy (non-hydrogen) atoms. The first-order valence-electron chi connectivity index (χ1n) is 19.1. The first kappa shape index (κ1) is 39.3. The van der Waals surface area contributed by atoms with Gasteiger partial charge in [0.2, 0.25) is 11.8 Å². The fraction of sp³-hybridized carbons (Fsp3) is 0.432. The quantitative estimate of drug-likeness (QED) is 0.0728. The van der Waals surface area contributed by atoms with Crippen LogP contribution < -0.4 is 10.4 Å². The van der Waals surface area contributed by atoms with E-state index in [1.165, 1.54) is 17.0 Å². The van der Waals surface area contributed by atoms with Crippen LogP contribution in [0.2, 0.25) is 5.04 Å². The summed E-state index contributed by atoms with van der Waals surface area (Å²) in [4.78, 5) is 40.5. The van der Waals surface area contributed by atoms with Crippen molar-refractivity contribution >= 4 is 42.6 Å². The minimum atomic E-state index is -2.94. The van der Waals surface area contributed by atoms with Crippen LogP contribution in [0.25, 0.3) is 6.08 Å². The Hall–Kier alpha value is -4.38. The van der Waals surface area contributed by atoms with E-state index < -0.39 is 31.9 Å². The molecule has 0 aromatic heterocycles. The Kier molecular flexibility index (Phi) is 12.0. The number of phenols is 1. The van der Waals surface area contributed by atoms with Crippen LogP contribution in [0.5, 0.6) is 5.75 Å². The van der Waals surface area contributed by atoms with Crippen molar-refractivity contribution in [3.05, 3.63) is 107 Å². The van der Waals surface area contributed by atoms with Crippen molar-refractivity contribution in [1.82, 2.24) is 4.90 Å². The largest absolute Gasteiger partial charge is 0.505 e. The average Bonchev–Trinajstić information content (AvgIpc) is 3.67. The third-order valence-corrected chi connectivity index (χ3v) is 16.4. The number of rotatable bonds is 15. The highest BCUT2D eigenvalue weighted by Crippen LogP contribution is 2.50. The van der Waals surface area contributed by atoms with Gasteiger partial charge in [-0.25, -0.2) is 4.39 Å². The van der Waals surface area contributed by atoms with Gasteiger partial charge in [-0.3, -0.25) is 19.3 Å². The van der Waals surface area contributed by atoms with Crippen LogP contribution in [0.15, 0.2) is 95.6 Å². The topological polar surface area (TPSA) is 113 Å². The van der Waals surface area contributed by atoms with Crippen molar-refractivity contribution in [2.75, 3.05) is 19.8 Å². The standard InChI is InChI=1S/C44H52FNO7Si/c1-29(24-30-20-21-37(47)36(45)25-30)19-22-38-40-31(27-53-54(44(2,3)4,32-14-8-5-9-15-32)33-16-10-6-11-17-33)26-34-41(35(40)28-52-38)43(51)46(42(34)50)23-13-7-12-18-39(48)49/h5-6,8-11,14-17,20-21,24-25,34-35,38,41,47H,7,12-13,18-19,22-23,26-28H2,1-4H3,(H,48,49)/b29-24+/t34-,35+,38-,41-/m1/s1. The molecule has 1 aliphatic carbocycles. The number of carboxylic acids is 1. The van der Waals surface area contributed by atoms with Crippen LogP contribution in [0, 0.1) is 23.6 Å². The number of nitrogens with zero attached hydrogens (tertiary/aromatic N) is 1. The zero-order chi connectivity index (χ0) is 38.6. The number of ether oxygens (including phenoxy) is 1. The van der Waals surface area contributed by atoms with Crippen molar-refractivity contribution < 1.29 is 38.1 Å². The molecule has 3 aromatic rings. The third kappa shape index (κ3) is 8.02. The first-order valence-corrected chi connectivity index (χ1v) is 21.0. The van der Waals surface area contributed by atoms with Gasteiger partial charge in [0.15, 0.2) is 11.6 Å². The van der Waals surface area contributed by atoms with E-state index in [1.807, 2.05) is 25.1 Å². The van der Waals surface area contributed by atoms with Crippen molar-refractivity contribution in [2.24, 2.45) is 17.8 Å². The molecule has 2 N–H and O–H groups in total. The normalized spacial score (nSPS) is 21.8. The average molecular weight is 754 g/mol. The van der Waals surface area contributed by atoms with Gasteiger partial charge in [-0.05, 0) is 83.3 Å². The van der Waals surface area contributed by atoms with Crippen molar-refractivity contribution in [2.45, 2.75) is 83.8 Å². The molecule has 0 spiro atoms. The number of aliphatic carboxylic acids is 1. The van der Waals surface area contributed by atoms with Crippen LogP contribution in [0.1, 0.15) is 78.2 Å². The smallest absolute Gasteiger partial charge is 0.303 e. The van der Waals surface area contributed by atoms with E-state index in [2.05, 4.69) is 69.3 Å². The lowest BCUT2D eigenvalue weighted by Crippen LogP contribution is -2.66. The molecular weight excluding hydrogens is 702 g/mol. The van der Waals surface area contributed by atoms with Gasteiger partial charge >= 0.3 is 5.97 Å². The summed E-state index contributed by atoms with van der Waals surface area (Å²) < 4.78 is 28.0. The molecule has 2 fully saturated rings. The Morgan fingerprint density at radius 1 is 0.944 bits per heavy atom. The van der Waals surface area contributed by atoms with Gasteiger partial charge in [-0.2, -0.15) is 0 Å². The summed E-state index contributed by atoms with van der Waals surface area (Å²) in [6, 6.07) is 25.2. The fourth-order valence-electron chi connectivity index (χ4n) is 8.90. The Morgan fingerprint density at radius 3 is 2.22 bits per heavy atom. The minimum absolute atomic E-state index is 0.0659. The van der Waals surface area contributed by atoms with Gasteiger partial charge in [0, 0.05) is 18.9 Å². The number of likely N-dealkylation sites (tertiary alicyclic amines) is 1. The van der Waals surface area contributed by atoms with Gasteiger partial charge in [0.1, 0.15) is 0 Å². The maximum Gasteiger partial charge on any atom is 0.303 e. The highest BCUT2D eigenvalue weighted by Gasteiger charge is 2.57. The van der Waals surface area contributed by atoms with E-state index in [1.54, 1.807) is 6.07 Å². The molecule has 10 heteroatoms. The van der Waals surface area contributed by atoms with E-state index in [0.29, 0.717) is 57.3 Å². The van der Waals surface area contributed by atoms with Gasteiger partial charge in [0.05, 0.1) is 31.2 Å². The van der Waals surface area contributed by atoms with Crippen LogP contribution in [-0.2, 0) is 23.5 Å². The summed E-state index contributed by atoms with van der Waals surface area (Å²) >= 11 is 0. The fourth-order valence-corrected chi connectivity index (χ4v) is 13.4. The first-order chi connectivity index (χ1) is 25.8. The van der Waals surface area contributed by atoms with Crippen LogP contribution in [0.3, 0.4) is 0 Å². The number of carboxylic acid groups (broad SMARTS) is 1. The molecule has 3 aliphatic rings. The van der Waals surface area contributed by atoms with E-state index in [4.69, 9.17) is 14.3 Å². The Bertz CT molecular complexity index is 1870. The zero-order valence-electron chi connectivity index (χ0n) is 31.7.